The van der Waals surface area contributed by atoms with Crippen LogP contribution < -0.4 is 10.1 Å². The SMILES string of the molecule is CC(C)CNC1(C#N)COc2cc(O)ccc21. The Morgan fingerprint density at radius 2 is 2.35 bits per heavy atom. The summed E-state index contributed by atoms with van der Waals surface area (Å²) in [6.07, 6.45) is 0. The maximum absolute atomic E-state index is 9.39. The molecule has 0 amide bonds. The van der Waals surface area contributed by atoms with Crippen LogP contribution in [0.2, 0.25) is 0 Å². The van der Waals surface area contributed by atoms with Crippen LogP contribution in [0.15, 0.2) is 18.2 Å². The zero-order chi connectivity index (χ0) is 12.5. The molecule has 0 spiro atoms. The first-order valence-corrected chi connectivity index (χ1v) is 5.70. The fourth-order valence-electron chi connectivity index (χ4n) is 1.90. The average molecular weight is 232 g/mol. The third-order valence-corrected chi connectivity index (χ3v) is 2.87. The molecule has 2 rings (SSSR count). The van der Waals surface area contributed by atoms with Crippen molar-refractivity contribution in [3.63, 3.8) is 0 Å². The highest BCUT2D eigenvalue weighted by Crippen LogP contribution is 2.38. The third kappa shape index (κ3) is 2.06. The zero-order valence-electron chi connectivity index (χ0n) is 10.0. The number of phenolic OH excluding ortho intramolecular Hbond substituents is 1. The highest BCUT2D eigenvalue weighted by atomic mass is 16.5. The van der Waals surface area contributed by atoms with Crippen molar-refractivity contribution in [3.8, 4) is 17.6 Å². The Bertz CT molecular complexity index is 465. The van der Waals surface area contributed by atoms with E-state index < -0.39 is 5.54 Å². The lowest BCUT2D eigenvalue weighted by molar-refractivity contribution is 0.265. The smallest absolute Gasteiger partial charge is 0.170 e. The van der Waals surface area contributed by atoms with E-state index in [1.54, 1.807) is 18.2 Å². The molecule has 17 heavy (non-hydrogen) atoms. The lowest BCUT2D eigenvalue weighted by atomic mass is 9.93. The van der Waals surface area contributed by atoms with Crippen molar-refractivity contribution in [2.45, 2.75) is 19.4 Å². The molecule has 1 unspecified atom stereocenters. The molecule has 0 aromatic heterocycles. The Hall–Kier alpha value is -1.73. The molecular formula is C13H16N2O2. The average Bonchev–Trinajstić information content (AvgIpc) is 2.65. The molecule has 4 heteroatoms. The van der Waals surface area contributed by atoms with Gasteiger partial charge in [0.2, 0.25) is 0 Å². The molecule has 2 N–H and O–H groups in total. The van der Waals surface area contributed by atoms with Gasteiger partial charge in [-0.05, 0) is 24.6 Å². The Labute approximate surface area is 101 Å². The Morgan fingerprint density at radius 1 is 1.59 bits per heavy atom. The number of rotatable bonds is 3. The fraction of sp³-hybridized carbons (Fsp3) is 0.462. The molecule has 90 valence electrons. The highest BCUT2D eigenvalue weighted by Gasteiger charge is 2.41. The van der Waals surface area contributed by atoms with Crippen molar-refractivity contribution in [1.29, 1.82) is 5.26 Å². The van der Waals surface area contributed by atoms with Gasteiger partial charge in [0.25, 0.3) is 0 Å². The second-order valence-corrected chi connectivity index (χ2v) is 4.76. The fourth-order valence-corrected chi connectivity index (χ4v) is 1.90. The molecule has 1 aliphatic rings. The maximum Gasteiger partial charge on any atom is 0.170 e. The van der Waals surface area contributed by atoms with E-state index >= 15 is 0 Å². The van der Waals surface area contributed by atoms with Gasteiger partial charge in [-0.1, -0.05) is 13.8 Å². The van der Waals surface area contributed by atoms with Crippen molar-refractivity contribution in [2.75, 3.05) is 13.2 Å². The summed E-state index contributed by atoms with van der Waals surface area (Å²) in [7, 11) is 0. The first-order valence-electron chi connectivity index (χ1n) is 5.70. The van der Waals surface area contributed by atoms with Gasteiger partial charge in [-0.3, -0.25) is 5.32 Å². The van der Waals surface area contributed by atoms with Crippen LogP contribution in [-0.2, 0) is 5.54 Å². The summed E-state index contributed by atoms with van der Waals surface area (Å²) in [4.78, 5) is 0. The van der Waals surface area contributed by atoms with Crippen molar-refractivity contribution < 1.29 is 9.84 Å². The lowest BCUT2D eigenvalue weighted by Crippen LogP contribution is -2.44. The van der Waals surface area contributed by atoms with Gasteiger partial charge in [0.15, 0.2) is 5.54 Å². The first kappa shape index (κ1) is 11.7. The standard InChI is InChI=1S/C13H16N2O2/c1-9(2)6-15-13(7-14)8-17-12-5-10(16)3-4-11(12)13/h3-5,9,15-16H,6,8H2,1-2H3. The van der Waals surface area contributed by atoms with Crippen molar-refractivity contribution in [2.24, 2.45) is 5.92 Å². The van der Waals surface area contributed by atoms with E-state index in [-0.39, 0.29) is 12.4 Å². The number of fused-ring (bicyclic) bond motifs is 1. The van der Waals surface area contributed by atoms with Gasteiger partial charge < -0.3 is 9.84 Å². The van der Waals surface area contributed by atoms with Crippen LogP contribution in [0.25, 0.3) is 0 Å². The van der Waals surface area contributed by atoms with Crippen LogP contribution in [0.4, 0.5) is 0 Å². The van der Waals surface area contributed by atoms with Crippen LogP contribution in [0, 0.1) is 17.2 Å². The summed E-state index contributed by atoms with van der Waals surface area (Å²) < 4.78 is 5.47. The number of hydrogen-bond donors (Lipinski definition) is 2. The molecule has 1 aromatic rings. The van der Waals surface area contributed by atoms with E-state index in [4.69, 9.17) is 4.74 Å². The van der Waals surface area contributed by atoms with E-state index in [0.29, 0.717) is 11.7 Å². The molecule has 0 bridgehead atoms. The summed E-state index contributed by atoms with van der Waals surface area (Å²) >= 11 is 0. The summed E-state index contributed by atoms with van der Waals surface area (Å²) in [5.41, 5.74) is 0.0197. The predicted octanol–water partition coefficient (Wildman–Crippen LogP) is 1.75. The maximum atomic E-state index is 9.39. The number of aromatic hydroxyl groups is 1. The zero-order valence-corrected chi connectivity index (χ0v) is 10.0. The monoisotopic (exact) mass is 232 g/mol. The molecule has 0 fully saturated rings. The molecular weight excluding hydrogens is 216 g/mol. The van der Waals surface area contributed by atoms with Gasteiger partial charge in [0.1, 0.15) is 18.1 Å². The number of nitrogens with one attached hydrogen (secondary N) is 1. The molecule has 0 saturated heterocycles. The van der Waals surface area contributed by atoms with E-state index in [1.165, 1.54) is 0 Å². The highest BCUT2D eigenvalue weighted by molar-refractivity contribution is 5.50. The number of benzene rings is 1. The van der Waals surface area contributed by atoms with Gasteiger partial charge in [0, 0.05) is 11.6 Å². The molecule has 1 atom stereocenters. The topological polar surface area (TPSA) is 65.3 Å². The molecule has 4 nitrogen and oxygen atoms in total. The molecule has 0 saturated carbocycles. The number of nitriles is 1. The number of nitrogens with zero attached hydrogens (tertiary/aromatic N) is 1. The van der Waals surface area contributed by atoms with E-state index in [9.17, 15) is 10.4 Å². The minimum atomic E-state index is -0.784. The van der Waals surface area contributed by atoms with E-state index in [0.717, 1.165) is 12.1 Å². The lowest BCUT2D eigenvalue weighted by Gasteiger charge is -2.22. The second kappa shape index (κ2) is 4.27. The van der Waals surface area contributed by atoms with Gasteiger partial charge in [0.05, 0.1) is 6.07 Å². The van der Waals surface area contributed by atoms with Crippen LogP contribution in [0.5, 0.6) is 11.5 Å². The third-order valence-electron chi connectivity index (χ3n) is 2.87. The molecule has 0 aliphatic carbocycles. The Balaban J connectivity index is 2.31. The van der Waals surface area contributed by atoms with Gasteiger partial charge in [-0.25, -0.2) is 0 Å². The van der Waals surface area contributed by atoms with Crippen LogP contribution in [-0.4, -0.2) is 18.3 Å². The summed E-state index contributed by atoms with van der Waals surface area (Å²) in [6.45, 7) is 5.21. The summed E-state index contributed by atoms with van der Waals surface area (Å²) in [5, 5.41) is 22.0. The quantitative estimate of drug-likeness (QED) is 0.833. The van der Waals surface area contributed by atoms with Crippen LogP contribution in [0.3, 0.4) is 0 Å². The van der Waals surface area contributed by atoms with E-state index in [1.807, 2.05) is 0 Å². The molecule has 1 aliphatic heterocycles. The largest absolute Gasteiger partial charge is 0.508 e. The molecule has 1 aromatic carbocycles. The Morgan fingerprint density at radius 3 is 3.00 bits per heavy atom. The van der Waals surface area contributed by atoms with Crippen LogP contribution >= 0.6 is 0 Å². The number of hydrogen-bond acceptors (Lipinski definition) is 4. The van der Waals surface area contributed by atoms with Gasteiger partial charge >= 0.3 is 0 Å². The van der Waals surface area contributed by atoms with Gasteiger partial charge in [-0.2, -0.15) is 5.26 Å². The summed E-state index contributed by atoms with van der Waals surface area (Å²) in [6, 6.07) is 7.16. The minimum Gasteiger partial charge on any atom is -0.508 e. The van der Waals surface area contributed by atoms with Crippen molar-refractivity contribution in [3.05, 3.63) is 23.8 Å². The number of phenols is 1. The Kier molecular flexibility index (Phi) is 2.95. The normalized spacial score (nSPS) is 22.0. The van der Waals surface area contributed by atoms with Crippen molar-refractivity contribution in [1.82, 2.24) is 5.32 Å². The second-order valence-electron chi connectivity index (χ2n) is 4.76. The molecule has 0 radical (unpaired) electrons. The predicted molar refractivity (Wildman–Crippen MR) is 63.7 cm³/mol. The molecule has 1 heterocycles. The summed E-state index contributed by atoms with van der Waals surface area (Å²) in [5.74, 6) is 1.20. The van der Waals surface area contributed by atoms with Crippen LogP contribution in [0.1, 0.15) is 19.4 Å². The number of ether oxygens (including phenoxy) is 1. The first-order chi connectivity index (χ1) is 8.07. The minimum absolute atomic E-state index is 0.154. The van der Waals surface area contributed by atoms with Crippen molar-refractivity contribution >= 4 is 0 Å². The van der Waals surface area contributed by atoms with E-state index in [2.05, 4.69) is 25.2 Å². The van der Waals surface area contributed by atoms with Gasteiger partial charge in [-0.15, -0.1) is 0 Å².